The molecule has 33 heavy (non-hydrogen) atoms. The highest BCUT2D eigenvalue weighted by Crippen LogP contribution is 2.35. The van der Waals surface area contributed by atoms with Crippen molar-refractivity contribution in [1.29, 1.82) is 0 Å². The van der Waals surface area contributed by atoms with Crippen molar-refractivity contribution in [2.45, 2.75) is 20.3 Å². The van der Waals surface area contributed by atoms with Crippen molar-refractivity contribution < 1.29 is 0 Å². The van der Waals surface area contributed by atoms with Gasteiger partial charge in [0.25, 0.3) is 0 Å². The van der Waals surface area contributed by atoms with Gasteiger partial charge in [-0.2, -0.15) is 20.4 Å². The van der Waals surface area contributed by atoms with Crippen molar-refractivity contribution in [3.05, 3.63) is 34.9 Å². The second-order valence-corrected chi connectivity index (χ2v) is 7.73. The molecule has 0 radical (unpaired) electrons. The Kier molecular flexibility index (Phi) is 5.49. The predicted molar refractivity (Wildman–Crippen MR) is 122 cm³/mol. The molecule has 0 aliphatic carbocycles. The van der Waals surface area contributed by atoms with Crippen molar-refractivity contribution in [2.24, 2.45) is 48.6 Å². The second-order valence-electron chi connectivity index (χ2n) is 7.73. The molecule has 0 unspecified atom stereocenters. The van der Waals surface area contributed by atoms with Crippen LogP contribution in [0, 0.1) is 13.8 Å². The lowest BCUT2D eigenvalue weighted by atomic mass is 10.2. The van der Waals surface area contributed by atoms with Crippen LogP contribution in [0.15, 0.2) is 32.9 Å². The Hall–Kier alpha value is -4.36. The maximum Gasteiger partial charge on any atom is 0.175 e. The Bertz CT molecular complexity index is 1230. The summed E-state index contributed by atoms with van der Waals surface area (Å²) >= 11 is 0. The number of azo groups is 2. The summed E-state index contributed by atoms with van der Waals surface area (Å²) in [5.41, 5.74) is 16.3. The van der Waals surface area contributed by atoms with Gasteiger partial charge in [-0.1, -0.05) is 0 Å². The number of aryl methyl sites for hydroxylation is 6. The number of rotatable bonds is 6. The second kappa shape index (κ2) is 8.29. The largest absolute Gasteiger partial charge is 0.382 e. The zero-order chi connectivity index (χ0) is 23.9. The van der Waals surface area contributed by atoms with Crippen LogP contribution in [-0.2, 0) is 34.6 Å². The monoisotopic (exact) mass is 450 g/mol. The molecule has 4 aromatic rings. The lowest BCUT2D eigenvalue weighted by molar-refractivity contribution is 0.737. The Balaban J connectivity index is 1.71. The van der Waals surface area contributed by atoms with Gasteiger partial charge >= 0.3 is 0 Å². The summed E-state index contributed by atoms with van der Waals surface area (Å²) in [4.78, 5) is 0. The lowest BCUT2D eigenvalue weighted by Crippen LogP contribution is -1.98. The van der Waals surface area contributed by atoms with E-state index in [0.29, 0.717) is 46.0 Å². The molecule has 0 fully saturated rings. The molecule has 0 spiro atoms. The molecule has 4 aromatic heterocycles. The molecule has 0 saturated carbocycles. The maximum absolute atomic E-state index is 6.22. The van der Waals surface area contributed by atoms with E-state index in [4.69, 9.17) is 11.5 Å². The molecular weight excluding hydrogens is 424 g/mol. The summed E-state index contributed by atoms with van der Waals surface area (Å²) in [7, 11) is 7.08. The van der Waals surface area contributed by atoms with E-state index >= 15 is 0 Å². The van der Waals surface area contributed by atoms with Gasteiger partial charge in [-0.15, -0.1) is 20.5 Å². The molecule has 4 rings (SSSR count). The van der Waals surface area contributed by atoms with Crippen molar-refractivity contribution in [1.82, 2.24) is 39.1 Å². The third-order valence-electron chi connectivity index (χ3n) is 5.26. The molecule has 0 aliphatic rings. The first-order valence-corrected chi connectivity index (χ1v) is 10.1. The normalized spacial score (nSPS) is 12.1. The highest BCUT2D eigenvalue weighted by atomic mass is 15.4. The first kappa shape index (κ1) is 21.9. The third kappa shape index (κ3) is 3.97. The minimum Gasteiger partial charge on any atom is -0.382 e. The Morgan fingerprint density at radius 1 is 0.667 bits per heavy atom. The molecule has 14 nitrogen and oxygen atoms in total. The van der Waals surface area contributed by atoms with E-state index in [1.54, 1.807) is 59.3 Å². The van der Waals surface area contributed by atoms with Crippen LogP contribution in [0.5, 0.6) is 0 Å². The van der Waals surface area contributed by atoms with Gasteiger partial charge < -0.3 is 11.5 Å². The van der Waals surface area contributed by atoms with Gasteiger partial charge in [0.05, 0.1) is 23.8 Å². The molecule has 0 saturated heterocycles. The highest BCUT2D eigenvalue weighted by molar-refractivity contribution is 5.66. The molecule has 0 aromatic carbocycles. The van der Waals surface area contributed by atoms with Gasteiger partial charge in [0, 0.05) is 45.7 Å². The fraction of sp³-hybridized carbons (Fsp3) is 0.368. The van der Waals surface area contributed by atoms with Crippen molar-refractivity contribution >= 4 is 34.6 Å². The Morgan fingerprint density at radius 3 is 1.39 bits per heavy atom. The van der Waals surface area contributed by atoms with Crippen molar-refractivity contribution in [3.63, 3.8) is 0 Å². The zero-order valence-corrected chi connectivity index (χ0v) is 19.4. The minimum atomic E-state index is 0.285. The van der Waals surface area contributed by atoms with Gasteiger partial charge in [-0.3, -0.25) is 9.36 Å². The van der Waals surface area contributed by atoms with E-state index in [2.05, 4.69) is 40.9 Å². The number of nitrogens with zero attached hydrogens (tertiary/aromatic N) is 12. The highest BCUT2D eigenvalue weighted by Gasteiger charge is 2.21. The Morgan fingerprint density at radius 2 is 1.06 bits per heavy atom. The molecule has 4 N–H and O–H groups in total. The Labute approximate surface area is 189 Å². The first-order valence-electron chi connectivity index (χ1n) is 10.1. The summed E-state index contributed by atoms with van der Waals surface area (Å²) < 4.78 is 6.38. The van der Waals surface area contributed by atoms with Crippen LogP contribution in [0.1, 0.15) is 22.5 Å². The maximum atomic E-state index is 6.22. The average molecular weight is 451 g/mol. The van der Waals surface area contributed by atoms with E-state index < -0.39 is 0 Å². The third-order valence-corrected chi connectivity index (χ3v) is 5.26. The number of hydrogen-bond donors (Lipinski definition) is 2. The topological polar surface area (TPSA) is 173 Å². The predicted octanol–water partition coefficient (Wildman–Crippen LogP) is 2.82. The number of aromatic nitrogens is 8. The van der Waals surface area contributed by atoms with Crippen molar-refractivity contribution in [3.8, 4) is 0 Å². The quantitative estimate of drug-likeness (QED) is 0.427. The number of hydrogen-bond acceptors (Lipinski definition) is 10. The average Bonchev–Trinajstić information content (AvgIpc) is 3.43. The van der Waals surface area contributed by atoms with Crippen LogP contribution in [-0.4, -0.2) is 39.1 Å². The van der Waals surface area contributed by atoms with Crippen LogP contribution < -0.4 is 11.5 Å². The molecule has 4 heterocycles. The zero-order valence-electron chi connectivity index (χ0n) is 19.4. The van der Waals surface area contributed by atoms with Gasteiger partial charge in [0.15, 0.2) is 23.0 Å². The van der Waals surface area contributed by atoms with Crippen molar-refractivity contribution in [2.75, 3.05) is 11.5 Å². The van der Waals surface area contributed by atoms with E-state index in [0.717, 1.165) is 11.1 Å². The summed E-state index contributed by atoms with van der Waals surface area (Å²) in [6, 6.07) is 0. The van der Waals surface area contributed by atoms with E-state index in [9.17, 15) is 0 Å². The van der Waals surface area contributed by atoms with Crippen LogP contribution in [0.3, 0.4) is 0 Å². The smallest absolute Gasteiger partial charge is 0.175 e. The molecule has 172 valence electrons. The van der Waals surface area contributed by atoms with Crippen LogP contribution in [0.4, 0.5) is 34.6 Å². The molecular formula is C19H26N14. The molecule has 14 heteroatoms. The number of nitrogen functional groups attached to an aromatic ring is 2. The summed E-state index contributed by atoms with van der Waals surface area (Å²) in [6.45, 7) is 3.82. The molecule has 0 bridgehead atoms. The molecule has 0 aliphatic heterocycles. The first-order chi connectivity index (χ1) is 15.7. The van der Waals surface area contributed by atoms with E-state index in [1.165, 1.54) is 0 Å². The van der Waals surface area contributed by atoms with Gasteiger partial charge in [0.1, 0.15) is 11.6 Å². The molecule has 0 amide bonds. The van der Waals surface area contributed by atoms with Gasteiger partial charge in [-0.25, -0.2) is 9.36 Å². The minimum absolute atomic E-state index is 0.285. The summed E-state index contributed by atoms with van der Waals surface area (Å²) in [5, 5.41) is 34.8. The SMILES string of the molecule is Cc1cnn(C)c1N=Nc1c(Cc2nn(C)c(N)c2N=Nc2c(C)cnn2C)nn(C)c1N. The number of anilines is 2. The fourth-order valence-electron chi connectivity index (χ4n) is 3.35. The van der Waals surface area contributed by atoms with Gasteiger partial charge in [-0.05, 0) is 13.8 Å². The van der Waals surface area contributed by atoms with E-state index in [1.807, 2.05) is 13.8 Å². The fourth-order valence-corrected chi connectivity index (χ4v) is 3.35. The van der Waals surface area contributed by atoms with Crippen LogP contribution in [0.25, 0.3) is 0 Å². The summed E-state index contributed by atoms with van der Waals surface area (Å²) in [6.07, 6.45) is 3.73. The number of nitrogens with two attached hydrogens (primary N) is 2. The van der Waals surface area contributed by atoms with Gasteiger partial charge in [0.2, 0.25) is 0 Å². The standard InChI is InChI=1S/C19H26N14/c1-10-8-22-32(5)18(10)26-24-14-12(28-30(3)16(14)20)7-13-15(17(21)31(4)29-13)25-27-19-11(2)9-23-33(19)6/h8-9H,7,20-21H2,1-6H3. The van der Waals surface area contributed by atoms with Crippen LogP contribution >= 0.6 is 0 Å². The lowest BCUT2D eigenvalue weighted by Gasteiger charge is -1.99. The summed E-state index contributed by atoms with van der Waals surface area (Å²) in [5.74, 6) is 2.02. The van der Waals surface area contributed by atoms with Crippen LogP contribution in [0.2, 0.25) is 0 Å². The van der Waals surface area contributed by atoms with E-state index in [-0.39, 0.29) is 6.42 Å². The molecule has 0 atom stereocenters.